The van der Waals surface area contributed by atoms with E-state index in [9.17, 15) is 4.79 Å². The number of rotatable bonds is 6. The third-order valence-electron chi connectivity index (χ3n) is 5.14. The summed E-state index contributed by atoms with van der Waals surface area (Å²) >= 11 is 0. The molecule has 0 unspecified atom stereocenters. The Hall–Kier alpha value is -2.69. The van der Waals surface area contributed by atoms with Crippen molar-refractivity contribution < 1.29 is 9.53 Å². The Morgan fingerprint density at radius 1 is 1.07 bits per heavy atom. The number of nitrogens with zero attached hydrogens (tertiary/aromatic N) is 3. The summed E-state index contributed by atoms with van der Waals surface area (Å²) < 4.78 is 5.22. The van der Waals surface area contributed by atoms with Crippen molar-refractivity contribution in [2.24, 2.45) is 0 Å². The molecule has 0 saturated carbocycles. The molecular formula is C22H29N3O2. The van der Waals surface area contributed by atoms with Gasteiger partial charge in [-0.1, -0.05) is 12.1 Å². The molecule has 27 heavy (non-hydrogen) atoms. The Kier molecular flexibility index (Phi) is 6.22. The summed E-state index contributed by atoms with van der Waals surface area (Å²) in [6.45, 7) is 8.66. The Morgan fingerprint density at radius 3 is 2.37 bits per heavy atom. The van der Waals surface area contributed by atoms with Gasteiger partial charge >= 0.3 is 0 Å². The van der Waals surface area contributed by atoms with Gasteiger partial charge in [0.2, 0.25) is 5.91 Å². The van der Waals surface area contributed by atoms with Crippen molar-refractivity contribution in [3.8, 4) is 5.75 Å². The molecule has 0 aromatic heterocycles. The maximum absolute atomic E-state index is 12.8. The van der Waals surface area contributed by atoms with E-state index in [1.165, 1.54) is 11.3 Å². The van der Waals surface area contributed by atoms with Crippen LogP contribution in [0, 0.1) is 6.92 Å². The van der Waals surface area contributed by atoms with Crippen molar-refractivity contribution in [3.63, 3.8) is 0 Å². The lowest BCUT2D eigenvalue weighted by Gasteiger charge is -2.37. The smallest absolute Gasteiger partial charge is 0.242 e. The first-order valence-corrected chi connectivity index (χ1v) is 9.59. The van der Waals surface area contributed by atoms with Gasteiger partial charge in [0, 0.05) is 44.1 Å². The zero-order chi connectivity index (χ0) is 19.2. The summed E-state index contributed by atoms with van der Waals surface area (Å²) in [5.41, 5.74) is 3.51. The molecule has 5 heteroatoms. The minimum absolute atomic E-state index is 0.202. The number of hydrogen-bond donors (Lipinski definition) is 0. The second kappa shape index (κ2) is 8.80. The monoisotopic (exact) mass is 367 g/mol. The number of anilines is 2. The van der Waals surface area contributed by atoms with Gasteiger partial charge in [-0.2, -0.15) is 0 Å². The summed E-state index contributed by atoms with van der Waals surface area (Å²) in [5, 5.41) is 0. The number of methoxy groups -OCH3 is 1. The summed E-state index contributed by atoms with van der Waals surface area (Å²) in [6.07, 6.45) is 0. The Morgan fingerprint density at radius 2 is 1.78 bits per heavy atom. The minimum Gasteiger partial charge on any atom is -0.497 e. The molecular weight excluding hydrogens is 338 g/mol. The second-order valence-corrected chi connectivity index (χ2v) is 6.92. The second-order valence-electron chi connectivity index (χ2n) is 6.92. The first-order chi connectivity index (χ1) is 13.1. The average molecular weight is 367 g/mol. The number of carbonyl (C=O) groups is 1. The van der Waals surface area contributed by atoms with Crippen LogP contribution >= 0.6 is 0 Å². The summed E-state index contributed by atoms with van der Waals surface area (Å²) in [4.78, 5) is 19.3. The summed E-state index contributed by atoms with van der Waals surface area (Å²) in [7, 11) is 1.68. The number of carbonyl (C=O) groups excluding carboxylic acids is 1. The van der Waals surface area contributed by atoms with Gasteiger partial charge in [-0.05, 0) is 55.8 Å². The minimum atomic E-state index is 0.202. The van der Waals surface area contributed by atoms with Crippen LogP contribution in [-0.2, 0) is 4.79 Å². The molecule has 3 rings (SSSR count). The van der Waals surface area contributed by atoms with Crippen LogP contribution in [0.4, 0.5) is 11.4 Å². The van der Waals surface area contributed by atoms with Crippen molar-refractivity contribution >= 4 is 17.3 Å². The average Bonchev–Trinajstić information content (AvgIpc) is 2.72. The summed E-state index contributed by atoms with van der Waals surface area (Å²) in [6, 6.07) is 16.5. The molecule has 2 aromatic rings. The van der Waals surface area contributed by atoms with Gasteiger partial charge in [-0.15, -0.1) is 0 Å². The molecule has 0 atom stereocenters. The number of hydrogen-bond acceptors (Lipinski definition) is 4. The zero-order valence-corrected chi connectivity index (χ0v) is 16.5. The first kappa shape index (κ1) is 19.1. The Labute approximate surface area is 162 Å². The number of aryl methyl sites for hydroxylation is 1. The van der Waals surface area contributed by atoms with Gasteiger partial charge in [-0.25, -0.2) is 0 Å². The van der Waals surface area contributed by atoms with Crippen molar-refractivity contribution in [1.29, 1.82) is 0 Å². The molecule has 0 N–H and O–H groups in total. The standard InChI is InChI=1S/C22H29N3O2/c1-4-23(20-7-5-6-18(2)16-20)17-22(26)25-14-12-24(13-15-25)19-8-10-21(27-3)11-9-19/h5-11,16H,4,12-15,17H2,1-3H3. The van der Waals surface area contributed by atoms with Crippen LogP contribution in [0.15, 0.2) is 48.5 Å². The molecule has 2 aromatic carbocycles. The maximum atomic E-state index is 12.8. The van der Waals surface area contributed by atoms with Crippen LogP contribution in [-0.4, -0.2) is 57.2 Å². The number of benzene rings is 2. The van der Waals surface area contributed by atoms with E-state index >= 15 is 0 Å². The van der Waals surface area contributed by atoms with Gasteiger partial charge in [0.1, 0.15) is 5.75 Å². The van der Waals surface area contributed by atoms with E-state index in [1.807, 2.05) is 23.1 Å². The van der Waals surface area contributed by atoms with E-state index in [1.54, 1.807) is 7.11 Å². The van der Waals surface area contributed by atoms with Gasteiger partial charge in [0.05, 0.1) is 13.7 Å². The summed E-state index contributed by atoms with van der Waals surface area (Å²) in [5.74, 6) is 1.07. The van der Waals surface area contributed by atoms with Crippen molar-refractivity contribution in [1.82, 2.24) is 4.90 Å². The molecule has 0 aliphatic carbocycles. The van der Waals surface area contributed by atoms with Crippen LogP contribution < -0.4 is 14.5 Å². The van der Waals surface area contributed by atoms with E-state index in [-0.39, 0.29) is 5.91 Å². The zero-order valence-electron chi connectivity index (χ0n) is 16.5. The van der Waals surface area contributed by atoms with E-state index in [4.69, 9.17) is 4.74 Å². The van der Waals surface area contributed by atoms with Crippen LogP contribution in [0.25, 0.3) is 0 Å². The lowest BCUT2D eigenvalue weighted by atomic mass is 10.2. The van der Waals surface area contributed by atoms with Crippen LogP contribution in [0.1, 0.15) is 12.5 Å². The maximum Gasteiger partial charge on any atom is 0.242 e. The largest absolute Gasteiger partial charge is 0.497 e. The molecule has 0 spiro atoms. The van der Waals surface area contributed by atoms with Crippen molar-refractivity contribution in [2.45, 2.75) is 13.8 Å². The third-order valence-corrected chi connectivity index (χ3v) is 5.14. The Bertz CT molecular complexity index is 752. The topological polar surface area (TPSA) is 36.0 Å². The lowest BCUT2D eigenvalue weighted by molar-refractivity contribution is -0.130. The molecule has 144 valence electrons. The fourth-order valence-electron chi connectivity index (χ4n) is 3.48. The van der Waals surface area contributed by atoms with E-state index < -0.39 is 0 Å². The number of likely N-dealkylation sites (N-methyl/N-ethyl adjacent to an activating group) is 1. The number of piperazine rings is 1. The highest BCUT2D eigenvalue weighted by molar-refractivity contribution is 5.82. The lowest BCUT2D eigenvalue weighted by Crippen LogP contribution is -2.51. The Balaban J connectivity index is 1.55. The fraction of sp³-hybridized carbons (Fsp3) is 0.409. The molecule has 1 fully saturated rings. The molecule has 0 bridgehead atoms. The molecule has 1 saturated heterocycles. The van der Waals surface area contributed by atoms with Crippen molar-refractivity contribution in [2.75, 3.05) is 56.2 Å². The quantitative estimate of drug-likeness (QED) is 0.786. The highest BCUT2D eigenvalue weighted by Gasteiger charge is 2.22. The number of ether oxygens (including phenoxy) is 1. The first-order valence-electron chi connectivity index (χ1n) is 9.59. The SMILES string of the molecule is CCN(CC(=O)N1CCN(c2ccc(OC)cc2)CC1)c1cccc(C)c1. The van der Waals surface area contributed by atoms with Crippen LogP contribution in [0.2, 0.25) is 0 Å². The van der Waals surface area contributed by atoms with E-state index in [2.05, 4.69) is 54.0 Å². The molecule has 1 aliphatic heterocycles. The normalized spacial score (nSPS) is 14.2. The van der Waals surface area contributed by atoms with Gasteiger partial charge in [-0.3, -0.25) is 4.79 Å². The highest BCUT2D eigenvalue weighted by atomic mass is 16.5. The van der Waals surface area contributed by atoms with E-state index in [0.29, 0.717) is 6.54 Å². The van der Waals surface area contributed by atoms with Crippen LogP contribution in [0.3, 0.4) is 0 Å². The predicted octanol–water partition coefficient (Wildman–Crippen LogP) is 3.18. The van der Waals surface area contributed by atoms with Crippen molar-refractivity contribution in [3.05, 3.63) is 54.1 Å². The van der Waals surface area contributed by atoms with Gasteiger partial charge in [0.15, 0.2) is 0 Å². The molecule has 5 nitrogen and oxygen atoms in total. The molecule has 1 heterocycles. The predicted molar refractivity (Wildman–Crippen MR) is 111 cm³/mol. The van der Waals surface area contributed by atoms with E-state index in [0.717, 1.165) is 44.2 Å². The molecule has 0 radical (unpaired) electrons. The highest BCUT2D eigenvalue weighted by Crippen LogP contribution is 2.21. The number of amides is 1. The molecule has 1 aliphatic rings. The fourth-order valence-corrected chi connectivity index (χ4v) is 3.48. The molecule has 1 amide bonds. The van der Waals surface area contributed by atoms with Gasteiger partial charge in [0.25, 0.3) is 0 Å². The third kappa shape index (κ3) is 4.73. The van der Waals surface area contributed by atoms with Gasteiger partial charge < -0.3 is 19.4 Å². The van der Waals surface area contributed by atoms with Crippen LogP contribution in [0.5, 0.6) is 5.75 Å².